The number of aliphatic hydroxyl groups is 2. The Kier molecular flexibility index (Phi) is 6.55. The van der Waals surface area contributed by atoms with Gasteiger partial charge in [0.1, 0.15) is 0 Å². The van der Waals surface area contributed by atoms with Crippen LogP contribution in [0.2, 0.25) is 0 Å². The van der Waals surface area contributed by atoms with E-state index in [1.54, 1.807) is 0 Å². The van der Waals surface area contributed by atoms with Crippen LogP contribution in [0.4, 0.5) is 0 Å². The van der Waals surface area contributed by atoms with Gasteiger partial charge in [0.05, 0.1) is 0 Å². The largest absolute Gasteiger partial charge is 0.396 e. The molecule has 0 fully saturated rings. The molecule has 0 bridgehead atoms. The lowest BCUT2D eigenvalue weighted by atomic mass is 9.99. The van der Waals surface area contributed by atoms with E-state index in [9.17, 15) is 0 Å². The van der Waals surface area contributed by atoms with E-state index in [0.29, 0.717) is 5.92 Å². The molecule has 2 nitrogen and oxygen atoms in total. The highest BCUT2D eigenvalue weighted by Gasteiger charge is 2.03. The fourth-order valence-corrected chi connectivity index (χ4v) is 0.981. The molecule has 0 aromatic heterocycles. The van der Waals surface area contributed by atoms with Crippen LogP contribution >= 0.6 is 0 Å². The molecule has 0 spiro atoms. The van der Waals surface area contributed by atoms with E-state index in [1.165, 1.54) is 0 Å². The number of hydrogen-bond donors (Lipinski definition) is 2. The van der Waals surface area contributed by atoms with E-state index < -0.39 is 0 Å². The van der Waals surface area contributed by atoms with Gasteiger partial charge in [0, 0.05) is 13.2 Å². The van der Waals surface area contributed by atoms with Crippen molar-refractivity contribution in [2.24, 2.45) is 5.92 Å². The molecule has 0 saturated carbocycles. The molecule has 0 aliphatic heterocycles. The minimum Gasteiger partial charge on any atom is -0.396 e. The van der Waals surface area contributed by atoms with Gasteiger partial charge in [-0.15, -0.1) is 6.58 Å². The summed E-state index contributed by atoms with van der Waals surface area (Å²) in [6, 6.07) is 0. The van der Waals surface area contributed by atoms with Gasteiger partial charge >= 0.3 is 0 Å². The van der Waals surface area contributed by atoms with Gasteiger partial charge in [-0.3, -0.25) is 0 Å². The summed E-state index contributed by atoms with van der Waals surface area (Å²) >= 11 is 0. The molecule has 0 rings (SSSR count). The molecule has 0 aromatic carbocycles. The zero-order valence-corrected chi connectivity index (χ0v) is 6.29. The van der Waals surface area contributed by atoms with E-state index in [-0.39, 0.29) is 13.2 Å². The van der Waals surface area contributed by atoms with Gasteiger partial charge in [-0.1, -0.05) is 6.08 Å². The van der Waals surface area contributed by atoms with Crippen LogP contribution in [0.5, 0.6) is 0 Å². The molecule has 0 heterocycles. The van der Waals surface area contributed by atoms with Crippen molar-refractivity contribution in [3.05, 3.63) is 12.7 Å². The van der Waals surface area contributed by atoms with Gasteiger partial charge in [-0.05, 0) is 25.2 Å². The first-order valence-electron chi connectivity index (χ1n) is 3.67. The molecule has 0 aromatic rings. The topological polar surface area (TPSA) is 40.5 Å². The van der Waals surface area contributed by atoms with Crippen LogP contribution in [0.25, 0.3) is 0 Å². The minimum absolute atomic E-state index is 0.207. The van der Waals surface area contributed by atoms with Crippen molar-refractivity contribution in [2.45, 2.75) is 19.3 Å². The molecular formula is C8H16O2. The maximum atomic E-state index is 8.57. The summed E-state index contributed by atoms with van der Waals surface area (Å²) in [6.07, 6.45) is 4.26. The Bertz CT molecular complexity index is 75.3. The molecule has 2 N–H and O–H groups in total. The second-order valence-corrected chi connectivity index (χ2v) is 2.41. The minimum atomic E-state index is 0.207. The van der Waals surface area contributed by atoms with Gasteiger partial charge in [0.2, 0.25) is 0 Å². The van der Waals surface area contributed by atoms with Crippen LogP contribution in [0.1, 0.15) is 19.3 Å². The van der Waals surface area contributed by atoms with E-state index in [2.05, 4.69) is 6.58 Å². The molecule has 10 heavy (non-hydrogen) atoms. The zero-order chi connectivity index (χ0) is 7.82. The number of allylic oxidation sites excluding steroid dienone is 1. The van der Waals surface area contributed by atoms with Crippen LogP contribution in [0, 0.1) is 5.92 Å². The van der Waals surface area contributed by atoms with Crippen LogP contribution in [-0.4, -0.2) is 23.4 Å². The zero-order valence-electron chi connectivity index (χ0n) is 6.29. The maximum Gasteiger partial charge on any atom is 0.0433 e. The second kappa shape index (κ2) is 6.78. The molecule has 0 aliphatic rings. The summed E-state index contributed by atoms with van der Waals surface area (Å²) in [5.74, 6) is 0.410. The van der Waals surface area contributed by atoms with Gasteiger partial charge < -0.3 is 10.2 Å². The van der Waals surface area contributed by atoms with Crippen molar-refractivity contribution >= 4 is 0 Å². The summed E-state index contributed by atoms with van der Waals surface area (Å²) < 4.78 is 0. The lowest BCUT2D eigenvalue weighted by Crippen LogP contribution is -2.04. The third-order valence-electron chi connectivity index (χ3n) is 1.57. The summed E-state index contributed by atoms with van der Waals surface area (Å²) in [7, 11) is 0. The molecule has 0 unspecified atom stereocenters. The average molecular weight is 144 g/mol. The quantitative estimate of drug-likeness (QED) is 0.545. The predicted molar refractivity (Wildman–Crippen MR) is 41.7 cm³/mol. The lowest BCUT2D eigenvalue weighted by molar-refractivity contribution is 0.216. The van der Waals surface area contributed by atoms with Crippen LogP contribution in [-0.2, 0) is 0 Å². The van der Waals surface area contributed by atoms with Crippen molar-refractivity contribution < 1.29 is 10.2 Å². The van der Waals surface area contributed by atoms with E-state index >= 15 is 0 Å². The Balaban J connectivity index is 3.38. The van der Waals surface area contributed by atoms with Gasteiger partial charge in [0.25, 0.3) is 0 Å². The molecular weight excluding hydrogens is 128 g/mol. The first-order chi connectivity index (χ1) is 4.85. The Labute approximate surface area is 62.2 Å². The molecule has 2 heteroatoms. The van der Waals surface area contributed by atoms with Gasteiger partial charge in [-0.25, -0.2) is 0 Å². The third-order valence-corrected chi connectivity index (χ3v) is 1.57. The van der Waals surface area contributed by atoms with Crippen LogP contribution < -0.4 is 0 Å². The highest BCUT2D eigenvalue weighted by atomic mass is 16.3. The van der Waals surface area contributed by atoms with Crippen molar-refractivity contribution in [3.63, 3.8) is 0 Å². The standard InChI is InChI=1S/C8H16O2/c1-2-3-8(4-6-9)5-7-10/h2,8-10H,1,3-7H2. The highest BCUT2D eigenvalue weighted by Crippen LogP contribution is 2.12. The SMILES string of the molecule is C=CCC(CCO)CCO. The Morgan fingerprint density at radius 2 is 1.70 bits per heavy atom. The van der Waals surface area contributed by atoms with Crippen LogP contribution in [0.15, 0.2) is 12.7 Å². The van der Waals surface area contributed by atoms with E-state index in [0.717, 1.165) is 19.3 Å². The lowest BCUT2D eigenvalue weighted by Gasteiger charge is -2.10. The van der Waals surface area contributed by atoms with E-state index in [4.69, 9.17) is 10.2 Å². The van der Waals surface area contributed by atoms with Crippen molar-refractivity contribution in [3.8, 4) is 0 Å². The Morgan fingerprint density at radius 1 is 1.20 bits per heavy atom. The number of aliphatic hydroxyl groups excluding tert-OH is 2. The average Bonchev–Trinajstić information content (AvgIpc) is 1.90. The van der Waals surface area contributed by atoms with Crippen molar-refractivity contribution in [1.29, 1.82) is 0 Å². The summed E-state index contributed by atoms with van der Waals surface area (Å²) in [5.41, 5.74) is 0. The third kappa shape index (κ3) is 4.53. The summed E-state index contributed by atoms with van der Waals surface area (Å²) in [6.45, 7) is 4.02. The fourth-order valence-electron chi connectivity index (χ4n) is 0.981. The Hall–Kier alpha value is -0.340. The highest BCUT2D eigenvalue weighted by molar-refractivity contribution is 4.72. The second-order valence-electron chi connectivity index (χ2n) is 2.41. The van der Waals surface area contributed by atoms with Gasteiger partial charge in [0.15, 0.2) is 0 Å². The number of rotatable bonds is 6. The number of hydrogen-bond acceptors (Lipinski definition) is 2. The summed E-state index contributed by atoms with van der Waals surface area (Å²) in [5, 5.41) is 17.1. The van der Waals surface area contributed by atoms with Gasteiger partial charge in [-0.2, -0.15) is 0 Å². The van der Waals surface area contributed by atoms with E-state index in [1.807, 2.05) is 6.08 Å². The monoisotopic (exact) mass is 144 g/mol. The molecule has 0 atom stereocenters. The Morgan fingerprint density at radius 3 is 2.00 bits per heavy atom. The maximum absolute atomic E-state index is 8.57. The van der Waals surface area contributed by atoms with Crippen molar-refractivity contribution in [2.75, 3.05) is 13.2 Å². The first kappa shape index (κ1) is 9.66. The predicted octanol–water partition coefficient (Wildman–Crippen LogP) is 0.944. The summed E-state index contributed by atoms with van der Waals surface area (Å²) in [4.78, 5) is 0. The van der Waals surface area contributed by atoms with Crippen LogP contribution in [0.3, 0.4) is 0 Å². The smallest absolute Gasteiger partial charge is 0.0433 e. The van der Waals surface area contributed by atoms with Crippen molar-refractivity contribution in [1.82, 2.24) is 0 Å². The first-order valence-corrected chi connectivity index (χ1v) is 3.67. The molecule has 60 valence electrons. The molecule has 0 amide bonds. The molecule has 0 radical (unpaired) electrons. The molecule has 0 saturated heterocycles. The normalized spacial score (nSPS) is 10.3. The molecule has 0 aliphatic carbocycles. The fraction of sp³-hybridized carbons (Fsp3) is 0.750.